The highest BCUT2D eigenvalue weighted by Crippen LogP contribution is 2.35. The van der Waals surface area contributed by atoms with Crippen LogP contribution in [0.4, 0.5) is 0 Å². The number of nitrogens with one attached hydrogen (secondary N) is 1. The van der Waals surface area contributed by atoms with Crippen LogP contribution in [-0.4, -0.2) is 40.8 Å². The Morgan fingerprint density at radius 2 is 2.05 bits per heavy atom. The van der Waals surface area contributed by atoms with Gasteiger partial charge in [-0.15, -0.1) is 0 Å². The Hall–Kier alpha value is -1.52. The van der Waals surface area contributed by atoms with Gasteiger partial charge in [-0.25, -0.2) is 0 Å². The summed E-state index contributed by atoms with van der Waals surface area (Å²) < 4.78 is 1.84. The number of rotatable bonds is 2. The molecule has 0 amide bonds. The van der Waals surface area contributed by atoms with Crippen molar-refractivity contribution >= 4 is 5.96 Å². The highest BCUT2D eigenvalue weighted by atomic mass is 15.3. The van der Waals surface area contributed by atoms with Crippen molar-refractivity contribution in [3.05, 3.63) is 18.0 Å². The van der Waals surface area contributed by atoms with Crippen molar-refractivity contribution in [2.45, 2.75) is 32.2 Å². The van der Waals surface area contributed by atoms with E-state index in [2.05, 4.69) is 20.3 Å². The molecule has 1 aromatic rings. The quantitative estimate of drug-likeness (QED) is 0.659. The van der Waals surface area contributed by atoms with Crippen LogP contribution in [0.25, 0.3) is 0 Å². The predicted molar refractivity (Wildman–Crippen MR) is 80.4 cm³/mol. The van der Waals surface area contributed by atoms with E-state index in [9.17, 15) is 0 Å². The Bertz CT molecular complexity index is 464. The SMILES string of the molecule is CN=C(NCc1cnn(C)c1)N1CC2CCCCC2C1. The Morgan fingerprint density at radius 3 is 2.60 bits per heavy atom. The Kier molecular flexibility index (Phi) is 3.94. The normalized spacial score (nSPS) is 26.7. The summed E-state index contributed by atoms with van der Waals surface area (Å²) >= 11 is 0. The third kappa shape index (κ3) is 2.81. The molecule has 1 N–H and O–H groups in total. The van der Waals surface area contributed by atoms with Crippen LogP contribution < -0.4 is 5.32 Å². The van der Waals surface area contributed by atoms with Crippen LogP contribution in [0.5, 0.6) is 0 Å². The standard InChI is InChI=1S/C15H25N5/c1-16-15(17-7-12-8-18-19(2)9-12)20-10-13-5-3-4-6-14(13)11-20/h8-9,13-14H,3-7,10-11H2,1-2H3,(H,16,17). The van der Waals surface area contributed by atoms with E-state index in [0.717, 1.165) is 24.3 Å². The van der Waals surface area contributed by atoms with E-state index in [1.807, 2.05) is 31.2 Å². The molecule has 2 heterocycles. The molecular formula is C15H25N5. The van der Waals surface area contributed by atoms with Crippen LogP contribution >= 0.6 is 0 Å². The van der Waals surface area contributed by atoms with Crippen LogP contribution in [0.3, 0.4) is 0 Å². The average Bonchev–Trinajstić information content (AvgIpc) is 3.05. The highest BCUT2D eigenvalue weighted by Gasteiger charge is 2.35. The highest BCUT2D eigenvalue weighted by molar-refractivity contribution is 5.80. The number of fused-ring (bicyclic) bond motifs is 1. The fourth-order valence-corrected chi connectivity index (χ4v) is 3.66. The summed E-state index contributed by atoms with van der Waals surface area (Å²) in [6.07, 6.45) is 9.59. The van der Waals surface area contributed by atoms with E-state index in [1.54, 1.807) is 0 Å². The lowest BCUT2D eigenvalue weighted by molar-refractivity contribution is 0.299. The molecule has 20 heavy (non-hydrogen) atoms. The second kappa shape index (κ2) is 5.85. The maximum atomic E-state index is 4.45. The molecule has 5 nitrogen and oxygen atoms in total. The molecule has 1 saturated heterocycles. The molecule has 0 bridgehead atoms. The van der Waals surface area contributed by atoms with Gasteiger partial charge in [-0.3, -0.25) is 9.67 Å². The van der Waals surface area contributed by atoms with Crippen LogP contribution in [-0.2, 0) is 13.6 Å². The van der Waals surface area contributed by atoms with Crippen LogP contribution in [0.1, 0.15) is 31.2 Å². The summed E-state index contributed by atoms with van der Waals surface area (Å²) in [5.41, 5.74) is 1.20. The number of hydrogen-bond donors (Lipinski definition) is 1. The molecular weight excluding hydrogens is 250 g/mol. The molecule has 2 unspecified atom stereocenters. The molecule has 1 aliphatic heterocycles. The molecule has 1 aliphatic carbocycles. The van der Waals surface area contributed by atoms with E-state index >= 15 is 0 Å². The number of likely N-dealkylation sites (tertiary alicyclic amines) is 1. The van der Waals surface area contributed by atoms with Gasteiger partial charge in [0.05, 0.1) is 6.20 Å². The van der Waals surface area contributed by atoms with Crippen molar-refractivity contribution in [3.63, 3.8) is 0 Å². The third-order valence-corrected chi connectivity index (χ3v) is 4.70. The topological polar surface area (TPSA) is 45.5 Å². The lowest BCUT2D eigenvalue weighted by Gasteiger charge is -2.22. The molecule has 0 radical (unpaired) electrons. The molecule has 1 aromatic heterocycles. The number of guanidine groups is 1. The van der Waals surface area contributed by atoms with Gasteiger partial charge >= 0.3 is 0 Å². The number of nitrogens with zero attached hydrogens (tertiary/aromatic N) is 4. The Morgan fingerprint density at radius 1 is 1.35 bits per heavy atom. The van der Waals surface area contributed by atoms with Gasteiger partial charge in [0.1, 0.15) is 0 Å². The minimum absolute atomic E-state index is 0.798. The fourth-order valence-electron chi connectivity index (χ4n) is 3.66. The first kappa shape index (κ1) is 13.5. The van der Waals surface area contributed by atoms with Crippen molar-refractivity contribution < 1.29 is 0 Å². The van der Waals surface area contributed by atoms with Gasteiger partial charge in [0.25, 0.3) is 0 Å². The van der Waals surface area contributed by atoms with Crippen LogP contribution in [0.15, 0.2) is 17.4 Å². The zero-order chi connectivity index (χ0) is 13.9. The zero-order valence-electron chi connectivity index (χ0n) is 12.5. The van der Waals surface area contributed by atoms with E-state index < -0.39 is 0 Å². The molecule has 110 valence electrons. The van der Waals surface area contributed by atoms with Gasteiger partial charge < -0.3 is 10.2 Å². The molecule has 2 aliphatic rings. The smallest absolute Gasteiger partial charge is 0.193 e. The number of aromatic nitrogens is 2. The molecule has 2 atom stereocenters. The van der Waals surface area contributed by atoms with Gasteiger partial charge in [-0.2, -0.15) is 5.10 Å². The minimum atomic E-state index is 0.798. The zero-order valence-corrected chi connectivity index (χ0v) is 12.5. The maximum absolute atomic E-state index is 4.45. The van der Waals surface area contributed by atoms with Crippen molar-refractivity contribution in [1.29, 1.82) is 0 Å². The summed E-state index contributed by atoms with van der Waals surface area (Å²) in [4.78, 5) is 6.90. The molecule has 5 heteroatoms. The molecule has 3 rings (SSSR count). The maximum Gasteiger partial charge on any atom is 0.193 e. The largest absolute Gasteiger partial charge is 0.352 e. The summed E-state index contributed by atoms with van der Waals surface area (Å²) in [6.45, 7) is 3.15. The molecule has 1 saturated carbocycles. The van der Waals surface area contributed by atoms with Gasteiger partial charge in [0.15, 0.2) is 5.96 Å². The lowest BCUT2D eigenvalue weighted by atomic mass is 9.82. The second-order valence-corrected chi connectivity index (χ2v) is 6.13. The van der Waals surface area contributed by atoms with E-state index in [0.29, 0.717) is 0 Å². The third-order valence-electron chi connectivity index (χ3n) is 4.70. The van der Waals surface area contributed by atoms with Crippen molar-refractivity contribution in [3.8, 4) is 0 Å². The van der Waals surface area contributed by atoms with Crippen molar-refractivity contribution in [1.82, 2.24) is 20.0 Å². The van der Waals surface area contributed by atoms with Crippen molar-refractivity contribution in [2.75, 3.05) is 20.1 Å². The van der Waals surface area contributed by atoms with Gasteiger partial charge in [-0.05, 0) is 24.7 Å². The van der Waals surface area contributed by atoms with Crippen LogP contribution in [0, 0.1) is 11.8 Å². The van der Waals surface area contributed by atoms with E-state index in [1.165, 1.54) is 44.3 Å². The molecule has 2 fully saturated rings. The first-order valence-corrected chi connectivity index (χ1v) is 7.69. The summed E-state index contributed by atoms with van der Waals surface area (Å²) in [5, 5.41) is 7.67. The van der Waals surface area contributed by atoms with Crippen molar-refractivity contribution in [2.24, 2.45) is 23.9 Å². The number of hydrogen-bond acceptors (Lipinski definition) is 2. The Labute approximate surface area is 121 Å². The fraction of sp³-hybridized carbons (Fsp3) is 0.733. The minimum Gasteiger partial charge on any atom is -0.352 e. The van der Waals surface area contributed by atoms with E-state index in [-0.39, 0.29) is 0 Å². The van der Waals surface area contributed by atoms with Gasteiger partial charge in [0.2, 0.25) is 0 Å². The van der Waals surface area contributed by atoms with Gasteiger partial charge in [-0.1, -0.05) is 12.8 Å². The summed E-state index contributed by atoms with van der Waals surface area (Å²) in [7, 11) is 3.83. The average molecular weight is 275 g/mol. The molecule has 0 aromatic carbocycles. The predicted octanol–water partition coefficient (Wildman–Crippen LogP) is 1.62. The first-order chi connectivity index (χ1) is 9.76. The number of aliphatic imine (C=N–C) groups is 1. The monoisotopic (exact) mass is 275 g/mol. The Balaban J connectivity index is 1.57. The molecule has 0 spiro atoms. The summed E-state index contributed by atoms with van der Waals surface area (Å²) in [5.74, 6) is 2.82. The first-order valence-electron chi connectivity index (χ1n) is 7.69. The second-order valence-electron chi connectivity index (χ2n) is 6.13. The summed E-state index contributed by atoms with van der Waals surface area (Å²) in [6, 6.07) is 0. The van der Waals surface area contributed by atoms with Crippen LogP contribution in [0.2, 0.25) is 0 Å². The van der Waals surface area contributed by atoms with Gasteiger partial charge in [0, 0.05) is 45.5 Å². The van der Waals surface area contributed by atoms with E-state index in [4.69, 9.17) is 0 Å². The lowest BCUT2D eigenvalue weighted by Crippen LogP contribution is -2.39. The number of aryl methyl sites for hydroxylation is 1.